The molecular formula is C47H32Cl2Zr-2. The molecule has 0 unspecified atom stereocenters. The number of rotatable bonds is 2. The first kappa shape index (κ1) is 35.4. The minimum atomic E-state index is 0. The van der Waals surface area contributed by atoms with Gasteiger partial charge in [0, 0.05) is 0 Å². The molecule has 4 aliphatic rings. The third-order valence-electron chi connectivity index (χ3n) is 9.30. The average molecular weight is 759 g/mol. The van der Waals surface area contributed by atoms with E-state index in [1.807, 2.05) is 12.2 Å². The van der Waals surface area contributed by atoms with Crippen molar-refractivity contribution in [2.24, 2.45) is 0 Å². The third-order valence-corrected chi connectivity index (χ3v) is 10.7. The van der Waals surface area contributed by atoms with Gasteiger partial charge in [-0.1, -0.05) is 106 Å². The van der Waals surface area contributed by atoms with Gasteiger partial charge in [-0.2, -0.15) is 24.3 Å². The van der Waals surface area contributed by atoms with Crippen molar-refractivity contribution in [1.82, 2.24) is 0 Å². The summed E-state index contributed by atoms with van der Waals surface area (Å²) in [6.07, 6.45) is 21.8. The fourth-order valence-electron chi connectivity index (χ4n) is 6.92. The number of benzene rings is 6. The summed E-state index contributed by atoms with van der Waals surface area (Å²) < 4.78 is 1.42. The zero-order valence-corrected chi connectivity index (χ0v) is 31.3. The van der Waals surface area contributed by atoms with Crippen molar-refractivity contribution < 1.29 is 49.0 Å². The predicted molar refractivity (Wildman–Crippen MR) is 199 cm³/mol. The van der Waals surface area contributed by atoms with Gasteiger partial charge >= 0.3 is 99.2 Å². The molecule has 0 atom stereocenters. The molecule has 0 nitrogen and oxygen atoms in total. The van der Waals surface area contributed by atoms with Crippen LogP contribution in [0.3, 0.4) is 0 Å². The molecule has 50 heavy (non-hydrogen) atoms. The van der Waals surface area contributed by atoms with Crippen LogP contribution in [0.4, 0.5) is 0 Å². The van der Waals surface area contributed by atoms with Gasteiger partial charge in [-0.05, 0) is 23.6 Å². The molecule has 0 aliphatic heterocycles. The molecule has 0 N–H and O–H groups in total. The molecule has 10 rings (SSSR count). The van der Waals surface area contributed by atoms with E-state index in [0.717, 1.165) is 12.8 Å². The van der Waals surface area contributed by atoms with Crippen LogP contribution in [0.1, 0.15) is 33.4 Å². The van der Waals surface area contributed by atoms with Crippen molar-refractivity contribution in [2.45, 2.75) is 12.8 Å². The van der Waals surface area contributed by atoms with Crippen LogP contribution in [0.15, 0.2) is 181 Å². The molecule has 0 fully saturated rings. The van der Waals surface area contributed by atoms with Crippen molar-refractivity contribution in [2.75, 3.05) is 0 Å². The Hall–Kier alpha value is -4.39. The summed E-state index contributed by atoms with van der Waals surface area (Å²) in [5, 5.41) is 5.33. The molecule has 240 valence electrons. The van der Waals surface area contributed by atoms with Gasteiger partial charge in [0.15, 0.2) is 0 Å². The predicted octanol–water partition coefficient (Wildman–Crippen LogP) is 4.97. The van der Waals surface area contributed by atoms with Crippen molar-refractivity contribution in [3.8, 4) is 0 Å². The molecule has 0 heterocycles. The van der Waals surface area contributed by atoms with E-state index < -0.39 is 0 Å². The summed E-state index contributed by atoms with van der Waals surface area (Å²) in [4.78, 5) is 0. The summed E-state index contributed by atoms with van der Waals surface area (Å²) in [6, 6.07) is 47.2. The Morgan fingerprint density at radius 2 is 0.860 bits per heavy atom. The first-order valence-corrected chi connectivity index (χ1v) is 17.7. The monoisotopic (exact) mass is 756 g/mol. The van der Waals surface area contributed by atoms with Crippen LogP contribution in [0.2, 0.25) is 0 Å². The van der Waals surface area contributed by atoms with Crippen molar-refractivity contribution in [1.29, 1.82) is 0 Å². The number of fused-ring (bicyclic) bond motifs is 10. The van der Waals surface area contributed by atoms with Crippen LogP contribution in [0.25, 0.3) is 32.7 Å². The first-order valence-electron chi connectivity index (χ1n) is 16.5. The Balaban J connectivity index is 0.000000128. The van der Waals surface area contributed by atoms with Crippen LogP contribution in [-0.2, 0) is 37.1 Å². The second kappa shape index (κ2) is 16.1. The Labute approximate surface area is 322 Å². The van der Waals surface area contributed by atoms with Gasteiger partial charge in [0.05, 0.1) is 0 Å². The van der Waals surface area contributed by atoms with Gasteiger partial charge < -0.3 is 24.8 Å². The van der Waals surface area contributed by atoms with Gasteiger partial charge in [0.2, 0.25) is 0 Å². The Morgan fingerprint density at radius 1 is 0.460 bits per heavy atom. The van der Waals surface area contributed by atoms with Gasteiger partial charge in [0.1, 0.15) is 0 Å². The molecule has 0 bridgehead atoms. The number of allylic oxidation sites excluding steroid dienone is 12. The zero-order chi connectivity index (χ0) is 32.3. The quantitative estimate of drug-likeness (QED) is 0.219. The fraction of sp³-hybridized carbons (Fsp3) is 0.0426. The van der Waals surface area contributed by atoms with E-state index in [-0.39, 0.29) is 24.8 Å². The topological polar surface area (TPSA) is 0 Å². The number of halogens is 2. The molecule has 0 amide bonds. The molecule has 0 spiro atoms. The van der Waals surface area contributed by atoms with Crippen molar-refractivity contribution in [3.63, 3.8) is 0 Å². The summed E-state index contributed by atoms with van der Waals surface area (Å²) in [5.74, 6) is 0. The maximum atomic E-state index is 3.37. The summed E-state index contributed by atoms with van der Waals surface area (Å²) in [5.41, 5.74) is 13.4. The summed E-state index contributed by atoms with van der Waals surface area (Å²) in [7, 11) is 0. The van der Waals surface area contributed by atoms with Gasteiger partial charge in [0.25, 0.3) is 0 Å². The molecule has 0 radical (unpaired) electrons. The Morgan fingerprint density at radius 3 is 1.30 bits per heavy atom. The molecule has 4 aliphatic carbocycles. The average Bonchev–Trinajstić information content (AvgIpc) is 3.86. The van der Waals surface area contributed by atoms with Crippen LogP contribution >= 0.6 is 0 Å². The van der Waals surface area contributed by atoms with E-state index >= 15 is 0 Å². The van der Waals surface area contributed by atoms with Gasteiger partial charge in [-0.3, -0.25) is 0 Å². The second-order valence-corrected chi connectivity index (χ2v) is 13.4. The minimum absolute atomic E-state index is 0. The standard InChI is InChI=1S/2C17H11.C13H10.2ClH.Zr/c2*1-2-6-15-12(4-1)8-10-14-11-9-13-5-3-7-16(13)17(14)15;1-3-7-12(8-4-1)11-13-9-5-2-6-10-13;;;/h2*1-6,8-10H,11H2;1-10H;2*1H;/q2*-1;;;;+2/p-2. The third kappa shape index (κ3) is 7.10. The van der Waals surface area contributed by atoms with Crippen molar-refractivity contribution >= 4 is 35.9 Å². The maximum absolute atomic E-state index is 3.37. The summed E-state index contributed by atoms with van der Waals surface area (Å²) in [6.45, 7) is 0. The van der Waals surface area contributed by atoms with Crippen molar-refractivity contribution in [3.05, 3.63) is 227 Å². The molecule has 0 saturated heterocycles. The Bertz CT molecular complexity index is 2220. The van der Waals surface area contributed by atoms with Gasteiger partial charge in [-0.25, -0.2) is 0 Å². The number of hydrogen-bond donors (Lipinski definition) is 0. The Kier molecular flexibility index (Phi) is 11.4. The van der Waals surface area contributed by atoms with E-state index in [2.05, 4.69) is 170 Å². The SMILES string of the molecule is [C-]1=C2C(=CCc3ccc4ccccc4c32)C=C1.[C-]1=C2C(=CCc3ccc4ccccc4c32)C=C1.[Cl-].[Cl-].[Zr+2]=[C](c1ccccc1)c1ccccc1. The second-order valence-electron chi connectivity index (χ2n) is 12.2. The molecule has 3 heteroatoms. The fourth-order valence-corrected chi connectivity index (χ4v) is 7.74. The van der Waals surface area contributed by atoms with E-state index in [0.29, 0.717) is 0 Å². The molecule has 0 saturated carbocycles. The van der Waals surface area contributed by atoms with Crippen LogP contribution in [0, 0.1) is 12.2 Å². The normalized spacial score (nSPS) is 14.0. The van der Waals surface area contributed by atoms with Crippen LogP contribution in [0.5, 0.6) is 0 Å². The molecule has 6 aromatic carbocycles. The van der Waals surface area contributed by atoms with Gasteiger partial charge in [-0.15, -0.1) is 46.6 Å². The van der Waals surface area contributed by atoms with Crippen LogP contribution < -0.4 is 24.8 Å². The van der Waals surface area contributed by atoms with E-state index in [9.17, 15) is 0 Å². The van der Waals surface area contributed by atoms with E-state index in [4.69, 9.17) is 0 Å². The van der Waals surface area contributed by atoms with E-state index in [1.54, 1.807) is 0 Å². The zero-order valence-electron chi connectivity index (χ0n) is 27.3. The molecular weight excluding hydrogens is 727 g/mol. The molecule has 0 aromatic heterocycles. The molecule has 6 aromatic rings. The summed E-state index contributed by atoms with van der Waals surface area (Å²) >= 11 is 1.46. The van der Waals surface area contributed by atoms with Crippen LogP contribution in [-0.4, -0.2) is 3.21 Å². The number of hydrogen-bond acceptors (Lipinski definition) is 0. The first-order chi connectivity index (χ1) is 23.7. The van der Waals surface area contributed by atoms with E-state index in [1.165, 1.54) is 105 Å².